The minimum Gasteiger partial charge on any atom is -0.508 e. The number of phenolic OH excluding ortho intramolecular Hbond substituents is 1. The third-order valence-corrected chi connectivity index (χ3v) is 3.09. The van der Waals surface area contributed by atoms with Gasteiger partial charge in [-0.15, -0.1) is 0 Å². The fraction of sp³-hybridized carbons (Fsp3) is 0.429. The number of rotatable bonds is 4. The van der Waals surface area contributed by atoms with Gasteiger partial charge in [0.25, 0.3) is 5.89 Å². The van der Waals surface area contributed by atoms with Crippen LogP contribution >= 0.6 is 0 Å². The lowest BCUT2D eigenvalue weighted by atomic mass is 10.1. The average molecular weight is 262 g/mol. The van der Waals surface area contributed by atoms with E-state index in [-0.39, 0.29) is 17.8 Å². The number of ether oxygens (including phenoxy) is 1. The maximum Gasteiger partial charge on any atom is 0.258 e. The number of phenols is 1. The molecule has 0 aliphatic heterocycles. The summed E-state index contributed by atoms with van der Waals surface area (Å²) in [5, 5.41) is 13.7. The Balaban J connectivity index is 2.38. The van der Waals surface area contributed by atoms with Crippen LogP contribution in [0.4, 0.5) is 0 Å². The summed E-state index contributed by atoms with van der Waals surface area (Å²) in [6.45, 7) is 5.87. The van der Waals surface area contributed by atoms with Gasteiger partial charge in [0, 0.05) is 18.2 Å². The Morgan fingerprint density at radius 2 is 2.05 bits per heavy atom. The molecule has 0 aliphatic carbocycles. The number of hydrogen-bond acceptors (Lipinski definition) is 5. The number of nitrogens with zero attached hydrogens (tertiary/aromatic N) is 2. The maximum absolute atomic E-state index is 9.70. The van der Waals surface area contributed by atoms with E-state index in [1.165, 1.54) is 0 Å². The molecule has 102 valence electrons. The van der Waals surface area contributed by atoms with Gasteiger partial charge < -0.3 is 14.4 Å². The van der Waals surface area contributed by atoms with Gasteiger partial charge in [0.1, 0.15) is 11.9 Å². The summed E-state index contributed by atoms with van der Waals surface area (Å²) < 4.78 is 10.6. The summed E-state index contributed by atoms with van der Waals surface area (Å²) >= 11 is 0. The Morgan fingerprint density at radius 3 is 2.68 bits per heavy atom. The van der Waals surface area contributed by atoms with E-state index in [1.807, 2.05) is 26.8 Å². The molecule has 1 unspecified atom stereocenters. The first-order chi connectivity index (χ1) is 9.04. The Morgan fingerprint density at radius 1 is 1.32 bits per heavy atom. The molecule has 0 bridgehead atoms. The number of methoxy groups -OCH3 is 1. The van der Waals surface area contributed by atoms with Gasteiger partial charge in [0.15, 0.2) is 0 Å². The van der Waals surface area contributed by atoms with E-state index < -0.39 is 0 Å². The van der Waals surface area contributed by atoms with Crippen LogP contribution in [-0.4, -0.2) is 22.4 Å². The molecule has 2 aromatic rings. The van der Waals surface area contributed by atoms with Crippen molar-refractivity contribution in [3.8, 4) is 17.2 Å². The molecule has 5 nitrogen and oxygen atoms in total. The Hall–Kier alpha value is -1.88. The molecular weight excluding hydrogens is 244 g/mol. The largest absolute Gasteiger partial charge is 0.508 e. The molecule has 5 heteroatoms. The lowest BCUT2D eigenvalue weighted by Crippen LogP contribution is -2.10. The SMILES string of the molecule is COC(c1noc(-c2cccc(O)c2C)n1)C(C)C. The van der Waals surface area contributed by atoms with Gasteiger partial charge >= 0.3 is 0 Å². The average Bonchev–Trinajstić information content (AvgIpc) is 2.82. The predicted molar refractivity (Wildman–Crippen MR) is 70.7 cm³/mol. The van der Waals surface area contributed by atoms with Crippen LogP contribution in [0, 0.1) is 12.8 Å². The first-order valence-electron chi connectivity index (χ1n) is 6.20. The minimum atomic E-state index is -0.199. The molecule has 1 heterocycles. The molecule has 1 N–H and O–H groups in total. The van der Waals surface area contributed by atoms with E-state index in [0.29, 0.717) is 11.7 Å². The van der Waals surface area contributed by atoms with Crippen molar-refractivity contribution in [2.75, 3.05) is 7.11 Å². The molecule has 0 aliphatic rings. The van der Waals surface area contributed by atoms with Crippen molar-refractivity contribution in [3.05, 3.63) is 29.6 Å². The number of aromatic nitrogens is 2. The van der Waals surface area contributed by atoms with E-state index in [4.69, 9.17) is 9.26 Å². The van der Waals surface area contributed by atoms with Crippen molar-refractivity contribution >= 4 is 0 Å². The van der Waals surface area contributed by atoms with E-state index in [2.05, 4.69) is 10.1 Å². The number of aromatic hydroxyl groups is 1. The third-order valence-electron chi connectivity index (χ3n) is 3.09. The van der Waals surface area contributed by atoms with Crippen LogP contribution in [0.2, 0.25) is 0 Å². The molecule has 0 spiro atoms. The predicted octanol–water partition coefficient (Wildman–Crippen LogP) is 3.09. The van der Waals surface area contributed by atoms with Crippen LogP contribution in [0.5, 0.6) is 5.75 Å². The summed E-state index contributed by atoms with van der Waals surface area (Å²) in [5.41, 5.74) is 1.45. The zero-order valence-corrected chi connectivity index (χ0v) is 11.5. The van der Waals surface area contributed by atoms with Gasteiger partial charge in [-0.1, -0.05) is 25.1 Å². The second-order valence-corrected chi connectivity index (χ2v) is 4.81. The first kappa shape index (κ1) is 13.5. The topological polar surface area (TPSA) is 68.4 Å². The zero-order valence-electron chi connectivity index (χ0n) is 11.5. The Kier molecular flexibility index (Phi) is 3.85. The van der Waals surface area contributed by atoms with Gasteiger partial charge in [-0.2, -0.15) is 4.98 Å². The van der Waals surface area contributed by atoms with Crippen LogP contribution in [0.25, 0.3) is 11.5 Å². The molecule has 0 fully saturated rings. The van der Waals surface area contributed by atoms with Crippen molar-refractivity contribution in [2.45, 2.75) is 26.9 Å². The Labute approximate surface area is 112 Å². The molecule has 1 atom stereocenters. The van der Waals surface area contributed by atoms with Crippen molar-refractivity contribution < 1.29 is 14.4 Å². The fourth-order valence-corrected chi connectivity index (χ4v) is 1.99. The molecule has 19 heavy (non-hydrogen) atoms. The highest BCUT2D eigenvalue weighted by Crippen LogP contribution is 2.30. The van der Waals surface area contributed by atoms with E-state index in [9.17, 15) is 5.11 Å². The molecule has 0 saturated heterocycles. The normalized spacial score (nSPS) is 12.9. The number of hydrogen-bond donors (Lipinski definition) is 1. The van der Waals surface area contributed by atoms with Crippen molar-refractivity contribution in [1.82, 2.24) is 10.1 Å². The summed E-state index contributed by atoms with van der Waals surface area (Å²) in [5.74, 6) is 1.38. The summed E-state index contributed by atoms with van der Waals surface area (Å²) in [4.78, 5) is 4.36. The van der Waals surface area contributed by atoms with Crippen molar-refractivity contribution in [1.29, 1.82) is 0 Å². The van der Waals surface area contributed by atoms with E-state index in [0.717, 1.165) is 11.1 Å². The molecule has 2 rings (SSSR count). The lowest BCUT2D eigenvalue weighted by molar-refractivity contribution is 0.0556. The highest BCUT2D eigenvalue weighted by molar-refractivity contribution is 5.61. The minimum absolute atomic E-state index is 0.199. The fourth-order valence-electron chi connectivity index (χ4n) is 1.99. The molecule has 0 radical (unpaired) electrons. The monoisotopic (exact) mass is 262 g/mol. The molecule has 0 saturated carbocycles. The first-order valence-corrected chi connectivity index (χ1v) is 6.20. The summed E-state index contributed by atoms with van der Waals surface area (Å²) in [6.07, 6.45) is -0.199. The molecule has 0 amide bonds. The molecular formula is C14H18N2O3. The lowest BCUT2D eigenvalue weighted by Gasteiger charge is -2.14. The van der Waals surface area contributed by atoms with Gasteiger partial charge in [-0.25, -0.2) is 0 Å². The maximum atomic E-state index is 9.70. The van der Waals surface area contributed by atoms with Gasteiger partial charge in [-0.05, 0) is 25.0 Å². The van der Waals surface area contributed by atoms with Crippen LogP contribution in [0.3, 0.4) is 0 Å². The summed E-state index contributed by atoms with van der Waals surface area (Å²) in [7, 11) is 1.63. The zero-order chi connectivity index (χ0) is 14.0. The molecule has 1 aromatic carbocycles. The Bertz CT molecular complexity index is 564. The standard InChI is InChI=1S/C14H18N2O3/c1-8(2)12(18-4)13-15-14(19-16-13)10-6-5-7-11(17)9(10)3/h5-8,12,17H,1-4H3. The highest BCUT2D eigenvalue weighted by Gasteiger charge is 2.22. The van der Waals surface area contributed by atoms with E-state index in [1.54, 1.807) is 19.2 Å². The van der Waals surface area contributed by atoms with E-state index >= 15 is 0 Å². The van der Waals surface area contributed by atoms with Crippen molar-refractivity contribution in [3.63, 3.8) is 0 Å². The second-order valence-electron chi connectivity index (χ2n) is 4.81. The second kappa shape index (κ2) is 5.40. The van der Waals surface area contributed by atoms with Crippen LogP contribution in [0.15, 0.2) is 22.7 Å². The number of benzene rings is 1. The van der Waals surface area contributed by atoms with Crippen LogP contribution < -0.4 is 0 Å². The quantitative estimate of drug-likeness (QED) is 0.917. The van der Waals surface area contributed by atoms with Gasteiger partial charge in [0.05, 0.1) is 0 Å². The van der Waals surface area contributed by atoms with Gasteiger partial charge in [0.2, 0.25) is 5.82 Å². The smallest absolute Gasteiger partial charge is 0.258 e. The highest BCUT2D eigenvalue weighted by atomic mass is 16.5. The third kappa shape index (κ3) is 2.61. The van der Waals surface area contributed by atoms with Crippen molar-refractivity contribution in [2.24, 2.45) is 5.92 Å². The van der Waals surface area contributed by atoms with Crippen LogP contribution in [-0.2, 0) is 4.74 Å². The van der Waals surface area contributed by atoms with Crippen LogP contribution in [0.1, 0.15) is 31.3 Å². The molecule has 1 aromatic heterocycles. The summed E-state index contributed by atoms with van der Waals surface area (Å²) in [6, 6.07) is 5.21. The van der Waals surface area contributed by atoms with Gasteiger partial charge in [-0.3, -0.25) is 0 Å².